The van der Waals surface area contributed by atoms with Crippen LogP contribution in [-0.4, -0.2) is 71.6 Å². The number of halogens is 2. The van der Waals surface area contributed by atoms with Crippen LogP contribution in [0.25, 0.3) is 10.9 Å². The Morgan fingerprint density at radius 3 is 2.52 bits per heavy atom. The van der Waals surface area contributed by atoms with Gasteiger partial charge in [0.05, 0.1) is 31.8 Å². The molecule has 5 rings (SSSR count). The van der Waals surface area contributed by atoms with Gasteiger partial charge in [0.25, 0.3) is 0 Å². The van der Waals surface area contributed by atoms with Crippen LogP contribution in [0.15, 0.2) is 42.5 Å². The first-order valence-electron chi connectivity index (χ1n) is 11.1. The Morgan fingerprint density at radius 1 is 0.970 bits per heavy atom. The van der Waals surface area contributed by atoms with Crippen LogP contribution in [0.4, 0.5) is 10.2 Å². The third-order valence-electron chi connectivity index (χ3n) is 6.04. The van der Waals surface area contributed by atoms with Crippen molar-refractivity contribution < 1.29 is 13.9 Å². The molecule has 0 N–H and O–H groups in total. The number of carbonyl (C=O) groups is 1. The van der Waals surface area contributed by atoms with Crippen molar-refractivity contribution in [3.8, 4) is 0 Å². The minimum atomic E-state index is -0.274. The summed E-state index contributed by atoms with van der Waals surface area (Å²) in [6.45, 7) is 5.45. The van der Waals surface area contributed by atoms with Gasteiger partial charge in [-0.3, -0.25) is 9.69 Å². The predicted octanol–water partition coefficient (Wildman–Crippen LogP) is 3.10. The number of hydrogen-bond donors (Lipinski definition) is 0. The van der Waals surface area contributed by atoms with E-state index < -0.39 is 0 Å². The Hall–Kier alpha value is -2.81. The highest BCUT2D eigenvalue weighted by atomic mass is 35.5. The van der Waals surface area contributed by atoms with Gasteiger partial charge in [0.2, 0.25) is 5.91 Å². The molecule has 0 saturated carbocycles. The average molecular weight is 470 g/mol. The van der Waals surface area contributed by atoms with Crippen molar-refractivity contribution in [2.75, 3.05) is 50.8 Å². The first-order chi connectivity index (χ1) is 16.0. The second-order valence-corrected chi connectivity index (χ2v) is 8.81. The number of morpholine rings is 1. The fraction of sp³-hybridized carbons (Fsp3) is 0.375. The number of fused-ring (bicyclic) bond motifs is 1. The molecular weight excluding hydrogens is 445 g/mol. The number of ether oxygens (including phenoxy) is 1. The predicted molar refractivity (Wildman–Crippen MR) is 125 cm³/mol. The zero-order valence-corrected chi connectivity index (χ0v) is 19.0. The number of nitrogens with zero attached hydrogens (tertiary/aromatic N) is 5. The molecule has 9 heteroatoms. The number of rotatable bonds is 5. The van der Waals surface area contributed by atoms with Gasteiger partial charge in [0, 0.05) is 43.1 Å². The molecule has 2 fully saturated rings. The van der Waals surface area contributed by atoms with Crippen LogP contribution in [0.2, 0.25) is 5.02 Å². The summed E-state index contributed by atoms with van der Waals surface area (Å²) in [5.74, 6) is 1.32. The molecule has 33 heavy (non-hydrogen) atoms. The third-order valence-corrected chi connectivity index (χ3v) is 6.28. The standard InChI is InChI=1S/C24H25ClFN5O2/c25-18-3-6-21-20(13-18)24(30-9-11-33-12-10-30)28-22(27-21)15-29-7-8-31(23(32)16-29)14-17-1-4-19(26)5-2-17/h1-6,13H,7-12,14-16H2. The molecule has 1 amide bonds. The van der Waals surface area contributed by atoms with Crippen LogP contribution in [0.1, 0.15) is 11.4 Å². The van der Waals surface area contributed by atoms with Gasteiger partial charge in [0.1, 0.15) is 17.5 Å². The van der Waals surface area contributed by atoms with E-state index in [1.807, 2.05) is 23.1 Å². The normalized spacial score (nSPS) is 17.7. The Kier molecular flexibility index (Phi) is 6.39. The summed E-state index contributed by atoms with van der Waals surface area (Å²) in [4.78, 5) is 28.5. The minimum Gasteiger partial charge on any atom is -0.378 e. The van der Waals surface area contributed by atoms with Gasteiger partial charge in [-0.15, -0.1) is 0 Å². The topological polar surface area (TPSA) is 61.8 Å². The molecule has 7 nitrogen and oxygen atoms in total. The minimum absolute atomic E-state index is 0.0477. The quantitative estimate of drug-likeness (QED) is 0.572. The van der Waals surface area contributed by atoms with Crippen LogP contribution < -0.4 is 4.90 Å². The monoisotopic (exact) mass is 469 g/mol. The van der Waals surface area contributed by atoms with E-state index in [2.05, 4.69) is 9.80 Å². The molecule has 0 unspecified atom stereocenters. The second kappa shape index (κ2) is 9.59. The maximum atomic E-state index is 13.1. The van der Waals surface area contributed by atoms with Crippen molar-refractivity contribution in [1.82, 2.24) is 19.8 Å². The average Bonchev–Trinajstić information content (AvgIpc) is 2.82. The fourth-order valence-corrected chi connectivity index (χ4v) is 4.46. The van der Waals surface area contributed by atoms with Gasteiger partial charge < -0.3 is 14.5 Å². The van der Waals surface area contributed by atoms with Crippen molar-refractivity contribution >= 4 is 34.2 Å². The lowest BCUT2D eigenvalue weighted by atomic mass is 10.2. The molecule has 3 heterocycles. The van der Waals surface area contributed by atoms with E-state index in [1.165, 1.54) is 12.1 Å². The Bertz CT molecular complexity index is 1150. The van der Waals surface area contributed by atoms with E-state index in [0.717, 1.165) is 41.9 Å². The smallest absolute Gasteiger partial charge is 0.237 e. The van der Waals surface area contributed by atoms with Crippen LogP contribution in [0.3, 0.4) is 0 Å². The second-order valence-electron chi connectivity index (χ2n) is 8.38. The van der Waals surface area contributed by atoms with Crippen molar-refractivity contribution in [1.29, 1.82) is 0 Å². The lowest BCUT2D eigenvalue weighted by Gasteiger charge is -2.34. The third kappa shape index (κ3) is 5.08. The first-order valence-corrected chi connectivity index (χ1v) is 11.5. The molecule has 0 spiro atoms. The van der Waals surface area contributed by atoms with Crippen molar-refractivity contribution in [2.24, 2.45) is 0 Å². The van der Waals surface area contributed by atoms with Crippen LogP contribution in [-0.2, 0) is 22.6 Å². The number of carbonyl (C=O) groups excluding carboxylic acids is 1. The molecule has 3 aromatic rings. The highest BCUT2D eigenvalue weighted by Gasteiger charge is 2.25. The highest BCUT2D eigenvalue weighted by Crippen LogP contribution is 2.28. The summed E-state index contributed by atoms with van der Waals surface area (Å²) < 4.78 is 18.6. The zero-order valence-electron chi connectivity index (χ0n) is 18.2. The summed E-state index contributed by atoms with van der Waals surface area (Å²) in [5.41, 5.74) is 1.76. The van der Waals surface area contributed by atoms with Crippen molar-refractivity contribution in [3.05, 3.63) is 64.7 Å². The number of benzene rings is 2. The van der Waals surface area contributed by atoms with E-state index in [1.54, 1.807) is 12.1 Å². The molecule has 0 atom stereocenters. The highest BCUT2D eigenvalue weighted by molar-refractivity contribution is 6.31. The number of aromatic nitrogens is 2. The largest absolute Gasteiger partial charge is 0.378 e. The summed E-state index contributed by atoms with van der Waals surface area (Å²) in [5, 5.41) is 1.57. The summed E-state index contributed by atoms with van der Waals surface area (Å²) >= 11 is 6.25. The molecule has 2 aliphatic rings. The van der Waals surface area contributed by atoms with Crippen LogP contribution in [0, 0.1) is 5.82 Å². The molecule has 2 aliphatic heterocycles. The van der Waals surface area contributed by atoms with Gasteiger partial charge in [-0.2, -0.15) is 0 Å². The van der Waals surface area contributed by atoms with E-state index in [4.69, 9.17) is 26.3 Å². The van der Waals surface area contributed by atoms with E-state index >= 15 is 0 Å². The van der Waals surface area contributed by atoms with Gasteiger partial charge in [-0.05, 0) is 35.9 Å². The maximum Gasteiger partial charge on any atom is 0.237 e. The number of amides is 1. The molecule has 1 aromatic heterocycles. The van der Waals surface area contributed by atoms with Crippen LogP contribution >= 0.6 is 11.6 Å². The van der Waals surface area contributed by atoms with Crippen molar-refractivity contribution in [2.45, 2.75) is 13.1 Å². The van der Waals surface area contributed by atoms with E-state index in [9.17, 15) is 9.18 Å². The summed E-state index contributed by atoms with van der Waals surface area (Å²) in [6.07, 6.45) is 0. The van der Waals surface area contributed by atoms with Gasteiger partial charge in [-0.25, -0.2) is 14.4 Å². The molecule has 0 aliphatic carbocycles. The van der Waals surface area contributed by atoms with Gasteiger partial charge >= 0.3 is 0 Å². The number of piperazine rings is 1. The fourth-order valence-electron chi connectivity index (χ4n) is 4.29. The molecule has 2 saturated heterocycles. The SMILES string of the molecule is O=C1CN(Cc2nc(N3CCOCC3)c3cc(Cl)ccc3n2)CCN1Cc1ccc(F)cc1. The molecular formula is C24H25ClFN5O2. The zero-order chi connectivity index (χ0) is 22.8. The van der Waals surface area contributed by atoms with Gasteiger partial charge in [-0.1, -0.05) is 23.7 Å². The molecule has 0 bridgehead atoms. The first kappa shape index (κ1) is 22.0. The van der Waals surface area contributed by atoms with E-state index in [-0.39, 0.29) is 11.7 Å². The summed E-state index contributed by atoms with van der Waals surface area (Å²) in [7, 11) is 0. The Balaban J connectivity index is 1.31. The Morgan fingerprint density at radius 2 is 1.76 bits per heavy atom. The molecule has 172 valence electrons. The lowest BCUT2D eigenvalue weighted by Crippen LogP contribution is -2.49. The molecule has 2 aromatic carbocycles. The number of hydrogen-bond acceptors (Lipinski definition) is 6. The van der Waals surface area contributed by atoms with Gasteiger partial charge in [0.15, 0.2) is 0 Å². The Labute approximate surface area is 196 Å². The van der Waals surface area contributed by atoms with E-state index in [0.29, 0.717) is 50.2 Å². The number of anilines is 1. The lowest BCUT2D eigenvalue weighted by molar-refractivity contribution is -0.136. The van der Waals surface area contributed by atoms with Crippen molar-refractivity contribution in [3.63, 3.8) is 0 Å². The molecule has 0 radical (unpaired) electrons. The maximum absolute atomic E-state index is 13.1. The van der Waals surface area contributed by atoms with Crippen LogP contribution in [0.5, 0.6) is 0 Å². The summed E-state index contributed by atoms with van der Waals surface area (Å²) in [6, 6.07) is 11.9.